The van der Waals surface area contributed by atoms with Crippen molar-refractivity contribution in [3.05, 3.63) is 23.7 Å². The van der Waals surface area contributed by atoms with Crippen LogP contribution >= 0.6 is 0 Å². The number of aliphatic carboxylic acids is 1. The second kappa shape index (κ2) is 4.61. The Bertz CT molecular complexity index is 437. The minimum Gasteiger partial charge on any atom is -0.480 e. The van der Waals surface area contributed by atoms with Crippen molar-refractivity contribution in [1.82, 2.24) is 4.90 Å². The SMILES string of the molecule is CCc1occc1C(=O)N1CCCC1C(=O)O. The minimum atomic E-state index is -0.933. The summed E-state index contributed by atoms with van der Waals surface area (Å²) in [6, 6.07) is 0.917. The number of hydrogen-bond acceptors (Lipinski definition) is 3. The fourth-order valence-corrected chi connectivity index (χ4v) is 2.23. The van der Waals surface area contributed by atoms with Gasteiger partial charge in [-0.05, 0) is 18.9 Å². The maximum Gasteiger partial charge on any atom is 0.326 e. The van der Waals surface area contributed by atoms with Crippen molar-refractivity contribution >= 4 is 11.9 Å². The molecule has 1 atom stereocenters. The second-order valence-electron chi connectivity index (χ2n) is 4.11. The Hall–Kier alpha value is -1.78. The van der Waals surface area contributed by atoms with Crippen LogP contribution in [0.25, 0.3) is 0 Å². The predicted molar refractivity (Wildman–Crippen MR) is 59.8 cm³/mol. The van der Waals surface area contributed by atoms with Gasteiger partial charge in [-0.3, -0.25) is 4.79 Å². The highest BCUT2D eigenvalue weighted by Crippen LogP contribution is 2.22. The van der Waals surface area contributed by atoms with Crippen molar-refractivity contribution in [1.29, 1.82) is 0 Å². The van der Waals surface area contributed by atoms with E-state index in [0.717, 1.165) is 6.42 Å². The summed E-state index contributed by atoms with van der Waals surface area (Å²) < 4.78 is 5.20. The molecule has 0 aromatic carbocycles. The Morgan fingerprint density at radius 1 is 1.59 bits per heavy atom. The van der Waals surface area contributed by atoms with Gasteiger partial charge in [0.15, 0.2) is 0 Å². The molecule has 5 heteroatoms. The fraction of sp³-hybridized carbons (Fsp3) is 0.500. The van der Waals surface area contributed by atoms with Gasteiger partial charge in [-0.15, -0.1) is 0 Å². The van der Waals surface area contributed by atoms with Gasteiger partial charge in [0.1, 0.15) is 11.8 Å². The number of carbonyl (C=O) groups is 2. The molecule has 0 aliphatic carbocycles. The minimum absolute atomic E-state index is 0.236. The number of amides is 1. The molecule has 2 heterocycles. The van der Waals surface area contributed by atoms with E-state index in [0.29, 0.717) is 30.7 Å². The maximum absolute atomic E-state index is 12.2. The van der Waals surface area contributed by atoms with Crippen LogP contribution < -0.4 is 0 Å². The Kier molecular flexibility index (Phi) is 3.17. The largest absolute Gasteiger partial charge is 0.480 e. The zero-order chi connectivity index (χ0) is 12.4. The van der Waals surface area contributed by atoms with Crippen LogP contribution in [0.4, 0.5) is 0 Å². The first-order chi connectivity index (χ1) is 8.15. The monoisotopic (exact) mass is 237 g/mol. The fourth-order valence-electron chi connectivity index (χ4n) is 2.23. The van der Waals surface area contributed by atoms with E-state index in [1.54, 1.807) is 6.07 Å². The van der Waals surface area contributed by atoms with Gasteiger partial charge in [-0.2, -0.15) is 0 Å². The van der Waals surface area contributed by atoms with Crippen LogP contribution in [0.2, 0.25) is 0 Å². The number of rotatable bonds is 3. The molecular formula is C12H15NO4. The normalized spacial score (nSPS) is 19.6. The van der Waals surface area contributed by atoms with Crippen molar-refractivity contribution in [2.75, 3.05) is 6.54 Å². The van der Waals surface area contributed by atoms with Crippen molar-refractivity contribution in [3.8, 4) is 0 Å². The first kappa shape index (κ1) is 11.7. The highest BCUT2D eigenvalue weighted by atomic mass is 16.4. The van der Waals surface area contributed by atoms with Gasteiger partial charge >= 0.3 is 5.97 Å². The number of nitrogens with zero attached hydrogens (tertiary/aromatic N) is 1. The summed E-state index contributed by atoms with van der Waals surface area (Å²) in [5, 5.41) is 9.04. The summed E-state index contributed by atoms with van der Waals surface area (Å²) in [5.74, 6) is -0.552. The zero-order valence-electron chi connectivity index (χ0n) is 9.68. The number of aryl methyl sites for hydroxylation is 1. The number of carboxylic acids is 1. The Morgan fingerprint density at radius 3 is 3.00 bits per heavy atom. The van der Waals surface area contributed by atoms with Crippen molar-refractivity contribution < 1.29 is 19.1 Å². The molecule has 0 bridgehead atoms. The molecule has 1 unspecified atom stereocenters. The number of likely N-dealkylation sites (tertiary alicyclic amines) is 1. The molecule has 17 heavy (non-hydrogen) atoms. The molecule has 1 N–H and O–H groups in total. The first-order valence-electron chi connectivity index (χ1n) is 5.75. The predicted octanol–water partition coefficient (Wildman–Crippen LogP) is 1.53. The van der Waals surface area contributed by atoms with Crippen LogP contribution in [0.1, 0.15) is 35.9 Å². The standard InChI is InChI=1S/C12H15NO4/c1-2-10-8(5-7-17-10)11(14)13-6-3-4-9(13)12(15)16/h5,7,9H,2-4,6H2,1H3,(H,15,16). The van der Waals surface area contributed by atoms with Crippen LogP contribution in [0.5, 0.6) is 0 Å². The lowest BCUT2D eigenvalue weighted by atomic mass is 10.1. The first-order valence-corrected chi connectivity index (χ1v) is 5.75. The number of hydrogen-bond donors (Lipinski definition) is 1. The third-order valence-corrected chi connectivity index (χ3v) is 3.10. The average molecular weight is 237 g/mol. The van der Waals surface area contributed by atoms with E-state index in [9.17, 15) is 9.59 Å². The van der Waals surface area contributed by atoms with Crippen LogP contribution in [-0.2, 0) is 11.2 Å². The Labute approximate surface area is 99.0 Å². The van der Waals surface area contributed by atoms with Crippen LogP contribution in [0.15, 0.2) is 16.7 Å². The summed E-state index contributed by atoms with van der Waals surface area (Å²) in [6.07, 6.45) is 3.36. The molecule has 0 saturated carbocycles. The molecule has 2 rings (SSSR count). The molecule has 5 nitrogen and oxygen atoms in total. The number of carbonyl (C=O) groups excluding carboxylic acids is 1. The van der Waals surface area contributed by atoms with Crippen LogP contribution in [0.3, 0.4) is 0 Å². The van der Waals surface area contributed by atoms with Gasteiger partial charge < -0.3 is 14.4 Å². The number of carboxylic acid groups (broad SMARTS) is 1. The molecular weight excluding hydrogens is 222 g/mol. The lowest BCUT2D eigenvalue weighted by Gasteiger charge is -2.21. The van der Waals surface area contributed by atoms with Gasteiger partial charge in [0.05, 0.1) is 11.8 Å². The van der Waals surface area contributed by atoms with E-state index in [2.05, 4.69) is 0 Å². The summed E-state index contributed by atoms with van der Waals surface area (Å²) in [4.78, 5) is 24.7. The van der Waals surface area contributed by atoms with E-state index in [1.807, 2.05) is 6.92 Å². The van der Waals surface area contributed by atoms with Gasteiger partial charge in [0.2, 0.25) is 0 Å². The molecule has 1 aliphatic rings. The molecule has 1 aromatic rings. The molecule has 0 radical (unpaired) electrons. The molecule has 1 aromatic heterocycles. The van der Waals surface area contributed by atoms with Crippen molar-refractivity contribution in [2.45, 2.75) is 32.2 Å². The van der Waals surface area contributed by atoms with Gasteiger partial charge in [-0.25, -0.2) is 4.79 Å². The lowest BCUT2D eigenvalue weighted by molar-refractivity contribution is -0.141. The zero-order valence-corrected chi connectivity index (χ0v) is 9.68. The molecule has 1 aliphatic heterocycles. The topological polar surface area (TPSA) is 70.8 Å². The Morgan fingerprint density at radius 2 is 2.35 bits per heavy atom. The quantitative estimate of drug-likeness (QED) is 0.865. The molecule has 1 amide bonds. The number of furan rings is 1. The summed E-state index contributed by atoms with van der Waals surface area (Å²) in [6.45, 7) is 2.40. The molecule has 92 valence electrons. The third kappa shape index (κ3) is 2.05. The van der Waals surface area contributed by atoms with Gasteiger partial charge in [0.25, 0.3) is 5.91 Å². The lowest BCUT2D eigenvalue weighted by Crippen LogP contribution is -2.40. The average Bonchev–Trinajstić information content (AvgIpc) is 2.96. The molecule has 0 spiro atoms. The Balaban J connectivity index is 2.23. The van der Waals surface area contributed by atoms with E-state index >= 15 is 0 Å². The highest BCUT2D eigenvalue weighted by molar-refractivity contribution is 5.97. The van der Waals surface area contributed by atoms with Crippen LogP contribution in [-0.4, -0.2) is 34.5 Å². The van der Waals surface area contributed by atoms with Gasteiger partial charge in [0, 0.05) is 13.0 Å². The summed E-state index contributed by atoms with van der Waals surface area (Å²) in [5.41, 5.74) is 0.487. The van der Waals surface area contributed by atoms with Crippen molar-refractivity contribution in [2.24, 2.45) is 0 Å². The molecule has 1 fully saturated rings. The summed E-state index contributed by atoms with van der Waals surface area (Å²) in [7, 11) is 0. The van der Waals surface area contributed by atoms with Crippen molar-refractivity contribution in [3.63, 3.8) is 0 Å². The van der Waals surface area contributed by atoms with E-state index in [1.165, 1.54) is 11.2 Å². The second-order valence-corrected chi connectivity index (χ2v) is 4.11. The summed E-state index contributed by atoms with van der Waals surface area (Å²) >= 11 is 0. The van der Waals surface area contributed by atoms with E-state index in [-0.39, 0.29) is 5.91 Å². The molecule has 1 saturated heterocycles. The van der Waals surface area contributed by atoms with Crippen LogP contribution in [0, 0.1) is 0 Å². The smallest absolute Gasteiger partial charge is 0.326 e. The van der Waals surface area contributed by atoms with E-state index in [4.69, 9.17) is 9.52 Å². The maximum atomic E-state index is 12.2. The van der Waals surface area contributed by atoms with E-state index < -0.39 is 12.0 Å². The van der Waals surface area contributed by atoms with Gasteiger partial charge in [-0.1, -0.05) is 6.92 Å². The highest BCUT2D eigenvalue weighted by Gasteiger charge is 2.35. The third-order valence-electron chi connectivity index (χ3n) is 3.10.